The van der Waals surface area contributed by atoms with Crippen LogP contribution in [0.1, 0.15) is 37.4 Å². The molecule has 0 spiro atoms. The number of halogens is 1. The zero-order valence-electron chi connectivity index (χ0n) is 21.8. The Morgan fingerprint density at radius 3 is 2.76 bits per heavy atom. The second-order valence-corrected chi connectivity index (χ2v) is 11.6. The summed E-state index contributed by atoms with van der Waals surface area (Å²) in [6, 6.07) is 13.1. The molecule has 2 fully saturated rings. The first kappa shape index (κ1) is 25.1. The van der Waals surface area contributed by atoms with Crippen molar-refractivity contribution < 1.29 is 9.47 Å². The summed E-state index contributed by atoms with van der Waals surface area (Å²) < 4.78 is 13.4. The van der Waals surface area contributed by atoms with Crippen LogP contribution in [0.4, 0.5) is 5.69 Å². The largest absolute Gasteiger partial charge is 0.482 e. The summed E-state index contributed by atoms with van der Waals surface area (Å²) in [6.07, 6.45) is 6.53. The molecule has 0 amide bonds. The van der Waals surface area contributed by atoms with Crippen LogP contribution < -0.4 is 4.90 Å². The molecule has 37 heavy (non-hydrogen) atoms. The van der Waals surface area contributed by atoms with E-state index < -0.39 is 0 Å². The molecule has 4 heterocycles. The van der Waals surface area contributed by atoms with Gasteiger partial charge >= 0.3 is 0 Å². The monoisotopic (exact) mass is 564 g/mol. The summed E-state index contributed by atoms with van der Waals surface area (Å²) in [4.78, 5) is 12.4. The molecule has 2 aromatic rings. The number of allylic oxidation sites excluding steroid dienone is 1. The van der Waals surface area contributed by atoms with Crippen LogP contribution in [0, 0.1) is 0 Å². The smallest absolute Gasteiger partial charge is 0.141 e. The van der Waals surface area contributed by atoms with Crippen LogP contribution in [0.3, 0.4) is 0 Å². The van der Waals surface area contributed by atoms with E-state index in [1.54, 1.807) is 0 Å². The van der Waals surface area contributed by atoms with Crippen LogP contribution in [-0.2, 0) is 15.9 Å². The number of nitrogens with zero attached hydrogens (tertiary/aromatic N) is 4. The van der Waals surface area contributed by atoms with Crippen LogP contribution in [0.25, 0.3) is 5.57 Å². The van der Waals surface area contributed by atoms with E-state index >= 15 is 0 Å². The standard InChI is InChI=1S/C30H37BrN4O2/c1-22-27(19-33-12-4-13-35(15-14-33)24-9-7-23(31)8-10-24)26-6-2-11-32-29(26)17-30-28(22)20-34(21-37-30)18-25-5-3-16-36-25/h2,6-11,25H,3-5,12-21H2,1H3. The molecule has 1 atom stereocenters. The summed E-state index contributed by atoms with van der Waals surface area (Å²) in [5.74, 6) is 1.10. The van der Waals surface area contributed by atoms with Gasteiger partial charge in [0.15, 0.2) is 0 Å². The van der Waals surface area contributed by atoms with Gasteiger partial charge < -0.3 is 14.4 Å². The van der Waals surface area contributed by atoms with Crippen molar-refractivity contribution in [2.45, 2.75) is 38.7 Å². The highest BCUT2D eigenvalue weighted by Crippen LogP contribution is 2.36. The summed E-state index contributed by atoms with van der Waals surface area (Å²) >= 11 is 3.57. The number of aromatic nitrogens is 1. The molecule has 1 aliphatic carbocycles. The maximum atomic E-state index is 6.39. The van der Waals surface area contributed by atoms with Crippen molar-refractivity contribution >= 4 is 27.2 Å². The molecule has 0 N–H and O–H groups in total. The lowest BCUT2D eigenvalue weighted by molar-refractivity contribution is 0.0113. The summed E-state index contributed by atoms with van der Waals surface area (Å²) in [5.41, 5.74) is 7.87. The number of rotatable bonds is 5. The van der Waals surface area contributed by atoms with Crippen molar-refractivity contribution in [3.05, 3.63) is 75.2 Å². The first-order valence-corrected chi connectivity index (χ1v) is 14.5. The van der Waals surface area contributed by atoms with E-state index in [0.717, 1.165) is 87.6 Å². The third kappa shape index (κ3) is 5.65. The van der Waals surface area contributed by atoms with Crippen molar-refractivity contribution in [2.24, 2.45) is 0 Å². The molecule has 1 aromatic carbocycles. The topological polar surface area (TPSA) is 41.1 Å². The Balaban J connectivity index is 1.23. The first-order chi connectivity index (χ1) is 18.1. The SMILES string of the molecule is CC1=C(CN2CCCN(c3ccc(Br)cc3)CC2)c2cccnc2CC2=C1CN(CC1CCCO1)CO2. The average Bonchev–Trinajstić information content (AvgIpc) is 3.27. The molecular weight excluding hydrogens is 528 g/mol. The number of hydrogen-bond acceptors (Lipinski definition) is 6. The fraction of sp³-hybridized carbons (Fsp3) is 0.500. The summed E-state index contributed by atoms with van der Waals surface area (Å²) in [6.45, 7) is 10.9. The maximum absolute atomic E-state index is 6.39. The Bertz CT molecular complexity index is 1170. The molecule has 0 radical (unpaired) electrons. The third-order valence-corrected chi connectivity index (χ3v) is 8.76. The minimum atomic E-state index is 0.338. The molecule has 1 aromatic heterocycles. The molecule has 2 saturated heterocycles. The third-order valence-electron chi connectivity index (χ3n) is 8.24. The van der Waals surface area contributed by atoms with E-state index in [2.05, 4.69) is 74.0 Å². The molecule has 0 saturated carbocycles. The van der Waals surface area contributed by atoms with Gasteiger partial charge in [-0.2, -0.15) is 0 Å². The lowest BCUT2D eigenvalue weighted by Gasteiger charge is -2.33. The van der Waals surface area contributed by atoms with Gasteiger partial charge in [-0.05, 0) is 67.7 Å². The van der Waals surface area contributed by atoms with Gasteiger partial charge in [-0.1, -0.05) is 22.0 Å². The Kier molecular flexibility index (Phi) is 7.65. The Morgan fingerprint density at radius 2 is 1.92 bits per heavy atom. The van der Waals surface area contributed by atoms with Gasteiger partial charge in [0.25, 0.3) is 0 Å². The molecule has 7 heteroatoms. The fourth-order valence-electron chi connectivity index (χ4n) is 6.15. The van der Waals surface area contributed by atoms with Crippen LogP contribution in [0.15, 0.2) is 64.0 Å². The van der Waals surface area contributed by atoms with Crippen molar-refractivity contribution in [3.8, 4) is 0 Å². The molecule has 196 valence electrons. The highest BCUT2D eigenvalue weighted by Gasteiger charge is 2.30. The predicted octanol–water partition coefficient (Wildman–Crippen LogP) is 5.11. The predicted molar refractivity (Wildman–Crippen MR) is 151 cm³/mol. The van der Waals surface area contributed by atoms with Crippen LogP contribution in [0.5, 0.6) is 0 Å². The zero-order chi connectivity index (χ0) is 25.2. The number of anilines is 1. The van der Waals surface area contributed by atoms with Gasteiger partial charge in [0.2, 0.25) is 0 Å². The number of ether oxygens (including phenoxy) is 2. The van der Waals surface area contributed by atoms with Crippen molar-refractivity contribution in [1.82, 2.24) is 14.8 Å². The van der Waals surface area contributed by atoms with E-state index in [0.29, 0.717) is 12.8 Å². The number of benzene rings is 1. The van der Waals surface area contributed by atoms with E-state index in [1.807, 2.05) is 6.20 Å². The number of hydrogen-bond donors (Lipinski definition) is 0. The van der Waals surface area contributed by atoms with Crippen LogP contribution in [-0.4, -0.2) is 80.0 Å². The summed E-state index contributed by atoms with van der Waals surface area (Å²) in [7, 11) is 0. The minimum absolute atomic E-state index is 0.338. The number of fused-ring (bicyclic) bond motifs is 1. The lowest BCUT2D eigenvalue weighted by atomic mass is 9.95. The Morgan fingerprint density at radius 1 is 1.03 bits per heavy atom. The van der Waals surface area contributed by atoms with E-state index in [1.165, 1.54) is 34.4 Å². The number of pyridine rings is 1. The van der Waals surface area contributed by atoms with Crippen LogP contribution in [0.2, 0.25) is 0 Å². The Hall–Kier alpha value is -2.19. The minimum Gasteiger partial charge on any atom is -0.482 e. The van der Waals surface area contributed by atoms with Crippen molar-refractivity contribution in [2.75, 3.05) is 64.1 Å². The van der Waals surface area contributed by atoms with Gasteiger partial charge in [-0.3, -0.25) is 14.8 Å². The zero-order valence-corrected chi connectivity index (χ0v) is 23.4. The molecular formula is C30H37BrN4O2. The molecule has 0 bridgehead atoms. The second-order valence-electron chi connectivity index (χ2n) is 10.7. The van der Waals surface area contributed by atoms with Gasteiger partial charge in [0, 0.05) is 86.3 Å². The first-order valence-electron chi connectivity index (χ1n) is 13.7. The molecule has 3 aliphatic heterocycles. The molecule has 1 unspecified atom stereocenters. The normalized spacial score (nSPS) is 23.4. The molecule has 6 nitrogen and oxygen atoms in total. The van der Waals surface area contributed by atoms with Crippen molar-refractivity contribution in [1.29, 1.82) is 0 Å². The van der Waals surface area contributed by atoms with Gasteiger partial charge in [-0.25, -0.2) is 0 Å². The molecule has 4 aliphatic rings. The highest BCUT2D eigenvalue weighted by atomic mass is 79.9. The van der Waals surface area contributed by atoms with Gasteiger partial charge in [-0.15, -0.1) is 0 Å². The fourth-order valence-corrected chi connectivity index (χ4v) is 6.41. The highest BCUT2D eigenvalue weighted by molar-refractivity contribution is 9.10. The lowest BCUT2D eigenvalue weighted by Crippen LogP contribution is -2.39. The quantitative estimate of drug-likeness (QED) is 0.502. The van der Waals surface area contributed by atoms with E-state index in [-0.39, 0.29) is 0 Å². The second kappa shape index (κ2) is 11.3. The molecule has 6 rings (SSSR count). The summed E-state index contributed by atoms with van der Waals surface area (Å²) in [5, 5.41) is 0. The van der Waals surface area contributed by atoms with Gasteiger partial charge in [0.1, 0.15) is 12.5 Å². The van der Waals surface area contributed by atoms with Crippen LogP contribution >= 0.6 is 15.9 Å². The van der Waals surface area contributed by atoms with E-state index in [9.17, 15) is 0 Å². The van der Waals surface area contributed by atoms with E-state index in [4.69, 9.17) is 14.5 Å². The Labute approximate surface area is 229 Å². The van der Waals surface area contributed by atoms with Crippen molar-refractivity contribution in [3.63, 3.8) is 0 Å². The van der Waals surface area contributed by atoms with Gasteiger partial charge in [0.05, 0.1) is 11.8 Å². The average molecular weight is 566 g/mol. The maximum Gasteiger partial charge on any atom is 0.141 e.